The zero-order chi connectivity index (χ0) is 13.2. The minimum absolute atomic E-state index is 0.281. The van der Waals surface area contributed by atoms with E-state index < -0.39 is 11.4 Å². The Labute approximate surface area is 106 Å². The van der Waals surface area contributed by atoms with Crippen molar-refractivity contribution in [3.63, 3.8) is 0 Å². The van der Waals surface area contributed by atoms with E-state index in [1.165, 1.54) is 6.07 Å². The van der Waals surface area contributed by atoms with Gasteiger partial charge < -0.3 is 10.0 Å². The van der Waals surface area contributed by atoms with Gasteiger partial charge in [0.1, 0.15) is 5.82 Å². The number of aliphatic carboxylic acids is 1. The van der Waals surface area contributed by atoms with Gasteiger partial charge >= 0.3 is 5.97 Å². The molecule has 0 bridgehead atoms. The predicted octanol–water partition coefficient (Wildman–Crippen LogP) is 2.16. The molecule has 1 fully saturated rings. The Morgan fingerprint density at radius 1 is 1.39 bits per heavy atom. The number of benzene rings is 1. The van der Waals surface area contributed by atoms with Crippen molar-refractivity contribution in [2.24, 2.45) is 5.41 Å². The fraction of sp³-hybridized carbons (Fsp3) is 0.500. The molecule has 0 amide bonds. The van der Waals surface area contributed by atoms with Crippen molar-refractivity contribution in [1.29, 1.82) is 0 Å². The van der Waals surface area contributed by atoms with Crippen LogP contribution in [0, 0.1) is 11.2 Å². The molecule has 0 saturated carbocycles. The zero-order valence-corrected chi connectivity index (χ0v) is 10.5. The van der Waals surface area contributed by atoms with E-state index in [0.717, 1.165) is 13.1 Å². The lowest BCUT2D eigenvalue weighted by molar-refractivity contribution is -0.151. The first-order chi connectivity index (χ1) is 8.53. The first-order valence-electron chi connectivity index (χ1n) is 6.19. The number of hydrogen-bond donors (Lipinski definition) is 1. The standard InChI is InChI=1S/C14H18FNO2/c1-16-8-6-14(7-9-16,13(17)18)10-11-4-2-3-5-12(11)15/h2-5H,6-10H2,1H3,(H,17,18). The molecular weight excluding hydrogens is 233 g/mol. The van der Waals surface area contributed by atoms with Crippen molar-refractivity contribution in [3.05, 3.63) is 35.6 Å². The molecule has 98 valence electrons. The lowest BCUT2D eigenvalue weighted by Gasteiger charge is -2.37. The van der Waals surface area contributed by atoms with Gasteiger partial charge in [0.05, 0.1) is 5.41 Å². The Hall–Kier alpha value is -1.42. The maximum absolute atomic E-state index is 13.7. The second-order valence-electron chi connectivity index (χ2n) is 5.16. The largest absolute Gasteiger partial charge is 0.481 e. The second kappa shape index (κ2) is 5.06. The molecule has 3 nitrogen and oxygen atoms in total. The Morgan fingerprint density at radius 3 is 2.56 bits per heavy atom. The highest BCUT2D eigenvalue weighted by Crippen LogP contribution is 2.35. The summed E-state index contributed by atoms with van der Waals surface area (Å²) in [5.74, 6) is -1.11. The molecule has 0 aromatic heterocycles. The molecule has 1 N–H and O–H groups in total. The lowest BCUT2D eigenvalue weighted by Crippen LogP contribution is -2.44. The minimum Gasteiger partial charge on any atom is -0.481 e. The monoisotopic (exact) mass is 251 g/mol. The summed E-state index contributed by atoms with van der Waals surface area (Å²) >= 11 is 0. The maximum Gasteiger partial charge on any atom is 0.310 e. The van der Waals surface area contributed by atoms with Crippen LogP contribution in [-0.2, 0) is 11.2 Å². The number of carbonyl (C=O) groups is 1. The van der Waals surface area contributed by atoms with E-state index in [9.17, 15) is 14.3 Å². The molecule has 0 atom stereocenters. The molecule has 1 heterocycles. The molecule has 0 radical (unpaired) electrons. The van der Waals surface area contributed by atoms with Crippen molar-refractivity contribution in [2.75, 3.05) is 20.1 Å². The summed E-state index contributed by atoms with van der Waals surface area (Å²) in [5.41, 5.74) is -0.307. The van der Waals surface area contributed by atoms with Crippen LogP contribution in [0.4, 0.5) is 4.39 Å². The van der Waals surface area contributed by atoms with Gasteiger partial charge in [0.2, 0.25) is 0 Å². The third-order valence-electron chi connectivity index (χ3n) is 3.88. The molecule has 1 aliphatic heterocycles. The molecule has 18 heavy (non-hydrogen) atoms. The van der Waals surface area contributed by atoms with Gasteiger partial charge in [-0.05, 0) is 51.0 Å². The highest BCUT2D eigenvalue weighted by Gasteiger charge is 2.41. The topological polar surface area (TPSA) is 40.5 Å². The summed E-state index contributed by atoms with van der Waals surface area (Å²) in [6.07, 6.45) is 1.43. The summed E-state index contributed by atoms with van der Waals surface area (Å²) in [6.45, 7) is 1.50. The van der Waals surface area contributed by atoms with E-state index >= 15 is 0 Å². The Kier molecular flexibility index (Phi) is 3.66. The zero-order valence-electron chi connectivity index (χ0n) is 10.5. The van der Waals surface area contributed by atoms with Crippen LogP contribution < -0.4 is 0 Å². The van der Waals surface area contributed by atoms with E-state index in [2.05, 4.69) is 4.90 Å². The SMILES string of the molecule is CN1CCC(Cc2ccccc2F)(C(=O)O)CC1. The average Bonchev–Trinajstić information content (AvgIpc) is 2.35. The molecule has 0 unspecified atom stereocenters. The Balaban J connectivity index is 2.22. The molecule has 1 aromatic rings. The van der Waals surface area contributed by atoms with Crippen LogP contribution >= 0.6 is 0 Å². The van der Waals surface area contributed by atoms with E-state index in [0.29, 0.717) is 18.4 Å². The fourth-order valence-corrected chi connectivity index (χ4v) is 2.52. The normalized spacial score (nSPS) is 19.7. The third kappa shape index (κ3) is 2.53. The Bertz CT molecular complexity index is 439. The van der Waals surface area contributed by atoms with Crippen LogP contribution in [0.5, 0.6) is 0 Å². The van der Waals surface area contributed by atoms with E-state index in [-0.39, 0.29) is 12.2 Å². The van der Waals surface area contributed by atoms with Crippen LogP contribution in [0.25, 0.3) is 0 Å². The number of rotatable bonds is 3. The molecule has 2 rings (SSSR count). The van der Waals surface area contributed by atoms with E-state index in [1.54, 1.807) is 18.2 Å². The van der Waals surface area contributed by atoms with Crippen molar-refractivity contribution in [2.45, 2.75) is 19.3 Å². The quantitative estimate of drug-likeness (QED) is 0.895. The van der Waals surface area contributed by atoms with E-state index in [1.807, 2.05) is 7.05 Å². The van der Waals surface area contributed by atoms with Crippen molar-refractivity contribution in [3.8, 4) is 0 Å². The van der Waals surface area contributed by atoms with E-state index in [4.69, 9.17) is 0 Å². The Morgan fingerprint density at radius 2 is 2.00 bits per heavy atom. The molecule has 1 aliphatic rings. The number of hydrogen-bond acceptors (Lipinski definition) is 2. The molecule has 0 spiro atoms. The summed E-state index contributed by atoms with van der Waals surface area (Å²) in [4.78, 5) is 13.7. The first-order valence-corrected chi connectivity index (χ1v) is 6.19. The van der Waals surface area contributed by atoms with Gasteiger partial charge in [-0.1, -0.05) is 18.2 Å². The maximum atomic E-state index is 13.7. The lowest BCUT2D eigenvalue weighted by atomic mass is 9.74. The smallest absolute Gasteiger partial charge is 0.310 e. The summed E-state index contributed by atoms with van der Waals surface area (Å²) in [5, 5.41) is 9.49. The predicted molar refractivity (Wildman–Crippen MR) is 66.9 cm³/mol. The van der Waals surface area contributed by atoms with Crippen LogP contribution in [0.3, 0.4) is 0 Å². The molecule has 0 aliphatic carbocycles. The van der Waals surface area contributed by atoms with Crippen LogP contribution in [-0.4, -0.2) is 36.1 Å². The highest BCUT2D eigenvalue weighted by atomic mass is 19.1. The van der Waals surface area contributed by atoms with Crippen LogP contribution in [0.2, 0.25) is 0 Å². The fourth-order valence-electron chi connectivity index (χ4n) is 2.52. The van der Waals surface area contributed by atoms with Crippen molar-refractivity contribution in [1.82, 2.24) is 4.90 Å². The van der Waals surface area contributed by atoms with Gasteiger partial charge in [-0.25, -0.2) is 4.39 Å². The number of halogens is 1. The first kappa shape index (κ1) is 13.0. The van der Waals surface area contributed by atoms with Gasteiger partial charge in [-0.2, -0.15) is 0 Å². The minimum atomic E-state index is -0.811. The number of carboxylic acids is 1. The average molecular weight is 251 g/mol. The number of likely N-dealkylation sites (tertiary alicyclic amines) is 1. The highest BCUT2D eigenvalue weighted by molar-refractivity contribution is 5.75. The molecule has 1 saturated heterocycles. The number of carboxylic acid groups (broad SMARTS) is 1. The second-order valence-corrected chi connectivity index (χ2v) is 5.16. The summed E-state index contributed by atoms with van der Waals surface area (Å²) in [7, 11) is 1.98. The van der Waals surface area contributed by atoms with Crippen molar-refractivity contribution < 1.29 is 14.3 Å². The molecular formula is C14H18FNO2. The number of piperidine rings is 1. The molecule has 1 aromatic carbocycles. The van der Waals surface area contributed by atoms with Gasteiger partial charge in [-0.15, -0.1) is 0 Å². The van der Waals surface area contributed by atoms with Gasteiger partial charge in [0.15, 0.2) is 0 Å². The van der Waals surface area contributed by atoms with Crippen LogP contribution in [0.1, 0.15) is 18.4 Å². The van der Waals surface area contributed by atoms with Gasteiger partial charge in [-0.3, -0.25) is 4.79 Å². The molecule has 4 heteroatoms. The summed E-state index contributed by atoms with van der Waals surface area (Å²) in [6, 6.07) is 6.45. The van der Waals surface area contributed by atoms with Crippen molar-refractivity contribution >= 4 is 5.97 Å². The third-order valence-corrected chi connectivity index (χ3v) is 3.88. The number of nitrogens with zero attached hydrogens (tertiary/aromatic N) is 1. The van der Waals surface area contributed by atoms with Crippen LogP contribution in [0.15, 0.2) is 24.3 Å². The van der Waals surface area contributed by atoms with Gasteiger partial charge in [0.25, 0.3) is 0 Å². The van der Waals surface area contributed by atoms with Gasteiger partial charge in [0, 0.05) is 0 Å². The summed E-state index contributed by atoms with van der Waals surface area (Å²) < 4.78 is 13.7.